The fourth-order valence-corrected chi connectivity index (χ4v) is 5.13. The Hall–Kier alpha value is -3.42. The maximum Gasteiger partial charge on any atom is 0.295 e. The number of aryl methyl sites for hydroxylation is 2. The lowest BCUT2D eigenvalue weighted by Gasteiger charge is -2.24. The number of ether oxygens (including phenoxy) is 2. The third-order valence-corrected chi connectivity index (χ3v) is 6.98. The third kappa shape index (κ3) is 4.62. The SMILES string of the molecule is COCCN1C(=O)C(=O)/C(=C(\O)c2ccc(OCc3ccccc3)c(C)c2)C1c1sccc1C. The van der Waals surface area contributed by atoms with E-state index in [-0.39, 0.29) is 17.9 Å². The maximum atomic E-state index is 13.1. The number of ketones is 1. The molecule has 3 aromatic rings. The number of carbonyl (C=O) groups is 2. The van der Waals surface area contributed by atoms with Gasteiger partial charge in [0.15, 0.2) is 0 Å². The Morgan fingerprint density at radius 3 is 2.47 bits per heavy atom. The summed E-state index contributed by atoms with van der Waals surface area (Å²) in [6, 6.07) is 16.4. The average Bonchev–Trinajstić information content (AvgIpc) is 3.37. The average molecular weight is 478 g/mol. The largest absolute Gasteiger partial charge is 0.507 e. The fourth-order valence-electron chi connectivity index (χ4n) is 4.09. The van der Waals surface area contributed by atoms with E-state index in [2.05, 4.69) is 0 Å². The molecule has 0 radical (unpaired) electrons. The molecule has 34 heavy (non-hydrogen) atoms. The van der Waals surface area contributed by atoms with E-state index in [0.717, 1.165) is 21.6 Å². The molecule has 176 valence electrons. The van der Waals surface area contributed by atoms with Crippen LogP contribution in [-0.4, -0.2) is 42.0 Å². The summed E-state index contributed by atoms with van der Waals surface area (Å²) < 4.78 is 11.1. The number of thiophene rings is 1. The molecule has 1 amide bonds. The van der Waals surface area contributed by atoms with E-state index < -0.39 is 17.7 Å². The second-order valence-corrected chi connectivity index (χ2v) is 9.16. The summed E-state index contributed by atoms with van der Waals surface area (Å²) in [5.41, 5.74) is 3.40. The first-order valence-corrected chi connectivity index (χ1v) is 11.9. The Kier molecular flexibility index (Phi) is 7.14. The van der Waals surface area contributed by atoms with Crippen molar-refractivity contribution in [3.8, 4) is 5.75 Å². The number of hydrogen-bond acceptors (Lipinski definition) is 6. The molecule has 0 bridgehead atoms. The minimum atomic E-state index is -0.687. The number of hydrogen-bond donors (Lipinski definition) is 1. The lowest BCUT2D eigenvalue weighted by molar-refractivity contribution is -0.140. The van der Waals surface area contributed by atoms with E-state index in [1.807, 2.05) is 55.6 Å². The molecule has 1 N–H and O–H groups in total. The summed E-state index contributed by atoms with van der Waals surface area (Å²) in [5, 5.41) is 13.2. The summed E-state index contributed by atoms with van der Waals surface area (Å²) in [5.74, 6) is -0.815. The van der Waals surface area contributed by atoms with Crippen LogP contribution >= 0.6 is 11.3 Å². The van der Waals surface area contributed by atoms with Crippen LogP contribution < -0.4 is 4.74 Å². The van der Waals surface area contributed by atoms with Crippen LogP contribution in [0.4, 0.5) is 0 Å². The van der Waals surface area contributed by atoms with Gasteiger partial charge in [-0.15, -0.1) is 11.3 Å². The zero-order valence-electron chi connectivity index (χ0n) is 19.4. The van der Waals surface area contributed by atoms with Gasteiger partial charge in [-0.25, -0.2) is 0 Å². The monoisotopic (exact) mass is 477 g/mol. The number of methoxy groups -OCH3 is 1. The fraction of sp³-hybridized carbons (Fsp3) is 0.259. The van der Waals surface area contributed by atoms with E-state index in [0.29, 0.717) is 24.5 Å². The first kappa shape index (κ1) is 23.7. The van der Waals surface area contributed by atoms with Gasteiger partial charge in [-0.2, -0.15) is 0 Å². The minimum absolute atomic E-state index is 0.101. The van der Waals surface area contributed by atoms with Gasteiger partial charge in [0.25, 0.3) is 11.7 Å². The Labute approximate surface area is 203 Å². The standard InChI is InChI=1S/C27H27NO5S/c1-17-11-14-34-26(17)23-22(25(30)27(31)28(23)12-13-32-3)24(29)20-9-10-21(18(2)15-20)33-16-19-7-5-4-6-8-19/h4-11,14-15,23,29H,12-13,16H2,1-3H3/b24-22-. The summed E-state index contributed by atoms with van der Waals surface area (Å²) in [6.07, 6.45) is 0. The molecule has 2 heterocycles. The van der Waals surface area contributed by atoms with E-state index in [1.54, 1.807) is 25.3 Å². The lowest BCUT2D eigenvalue weighted by Crippen LogP contribution is -2.32. The number of aliphatic hydroxyl groups is 1. The first-order chi connectivity index (χ1) is 16.4. The second-order valence-electron chi connectivity index (χ2n) is 8.21. The van der Waals surface area contributed by atoms with E-state index in [4.69, 9.17) is 9.47 Å². The van der Waals surface area contributed by atoms with Gasteiger partial charge in [0.05, 0.1) is 18.2 Å². The van der Waals surface area contributed by atoms with Crippen molar-refractivity contribution in [1.29, 1.82) is 0 Å². The number of benzene rings is 2. The highest BCUT2D eigenvalue weighted by Crippen LogP contribution is 2.42. The smallest absolute Gasteiger partial charge is 0.295 e. The van der Waals surface area contributed by atoms with Gasteiger partial charge in [0.2, 0.25) is 0 Å². The van der Waals surface area contributed by atoms with Crippen LogP contribution in [0.2, 0.25) is 0 Å². The molecule has 0 aliphatic carbocycles. The molecular formula is C27H27NO5S. The lowest BCUT2D eigenvalue weighted by atomic mass is 9.97. The van der Waals surface area contributed by atoms with Crippen LogP contribution in [0.15, 0.2) is 65.6 Å². The number of nitrogens with zero attached hydrogens (tertiary/aromatic N) is 1. The molecule has 1 atom stereocenters. The summed E-state index contributed by atoms with van der Waals surface area (Å²) in [6.45, 7) is 4.79. The third-order valence-electron chi connectivity index (χ3n) is 5.91. The number of carbonyl (C=O) groups excluding carboxylic acids is 2. The van der Waals surface area contributed by atoms with Crippen LogP contribution in [0, 0.1) is 13.8 Å². The first-order valence-electron chi connectivity index (χ1n) is 11.0. The van der Waals surface area contributed by atoms with Crippen molar-refractivity contribution in [3.05, 3.63) is 92.7 Å². The summed E-state index contributed by atoms with van der Waals surface area (Å²) in [4.78, 5) is 28.3. The maximum absolute atomic E-state index is 13.1. The van der Waals surface area contributed by atoms with Crippen molar-refractivity contribution < 1.29 is 24.2 Å². The molecule has 1 fully saturated rings. The zero-order chi connectivity index (χ0) is 24.2. The van der Waals surface area contributed by atoms with Crippen molar-refractivity contribution in [2.75, 3.05) is 20.3 Å². The highest BCUT2D eigenvalue weighted by molar-refractivity contribution is 7.10. The Morgan fingerprint density at radius 2 is 1.82 bits per heavy atom. The second kappa shape index (κ2) is 10.2. The van der Waals surface area contributed by atoms with Crippen molar-refractivity contribution in [2.24, 2.45) is 0 Å². The molecule has 4 rings (SSSR count). The Bertz CT molecular complexity index is 1230. The van der Waals surface area contributed by atoms with Crippen LogP contribution in [0.1, 0.15) is 33.2 Å². The van der Waals surface area contributed by atoms with Crippen molar-refractivity contribution in [1.82, 2.24) is 4.90 Å². The summed E-state index contributed by atoms with van der Waals surface area (Å²) in [7, 11) is 1.55. The van der Waals surface area contributed by atoms with Gasteiger partial charge >= 0.3 is 0 Å². The predicted octanol–water partition coefficient (Wildman–Crippen LogP) is 5.01. The number of Topliss-reactive ketones (excluding diaryl/α,β-unsaturated/α-hetero) is 1. The highest BCUT2D eigenvalue weighted by Gasteiger charge is 2.46. The summed E-state index contributed by atoms with van der Waals surface area (Å²) >= 11 is 1.46. The van der Waals surface area contributed by atoms with Crippen molar-refractivity contribution in [3.63, 3.8) is 0 Å². The topological polar surface area (TPSA) is 76.1 Å². The Morgan fingerprint density at radius 1 is 1.06 bits per heavy atom. The van der Waals surface area contributed by atoms with Gasteiger partial charge < -0.3 is 19.5 Å². The minimum Gasteiger partial charge on any atom is -0.507 e. The quantitative estimate of drug-likeness (QED) is 0.280. The van der Waals surface area contributed by atoms with E-state index in [1.165, 1.54) is 16.2 Å². The molecule has 1 unspecified atom stereocenters. The van der Waals surface area contributed by atoms with Crippen LogP contribution in [-0.2, 0) is 20.9 Å². The molecule has 2 aromatic carbocycles. The van der Waals surface area contributed by atoms with Crippen molar-refractivity contribution in [2.45, 2.75) is 26.5 Å². The van der Waals surface area contributed by atoms with Gasteiger partial charge in [-0.3, -0.25) is 9.59 Å². The molecule has 1 aliphatic rings. The van der Waals surface area contributed by atoms with Crippen molar-refractivity contribution >= 4 is 28.8 Å². The van der Waals surface area contributed by atoms with Gasteiger partial charge in [-0.1, -0.05) is 30.3 Å². The van der Waals surface area contributed by atoms with Gasteiger partial charge in [0.1, 0.15) is 18.1 Å². The van der Waals surface area contributed by atoms with Gasteiger partial charge in [-0.05, 0) is 60.2 Å². The van der Waals surface area contributed by atoms with Crippen LogP contribution in [0.3, 0.4) is 0 Å². The molecule has 0 spiro atoms. The molecule has 6 nitrogen and oxygen atoms in total. The molecule has 1 aliphatic heterocycles. The zero-order valence-corrected chi connectivity index (χ0v) is 20.2. The van der Waals surface area contributed by atoms with E-state index >= 15 is 0 Å². The molecular weight excluding hydrogens is 450 g/mol. The van der Waals surface area contributed by atoms with E-state index in [9.17, 15) is 14.7 Å². The predicted molar refractivity (Wildman–Crippen MR) is 132 cm³/mol. The van der Waals surface area contributed by atoms with Gasteiger partial charge in [0, 0.05) is 24.1 Å². The molecule has 0 saturated carbocycles. The Balaban J connectivity index is 1.69. The molecule has 1 aromatic heterocycles. The van der Waals surface area contributed by atoms with Crippen LogP contribution in [0.5, 0.6) is 5.75 Å². The molecule has 7 heteroatoms. The normalized spacial score (nSPS) is 17.4. The van der Waals surface area contributed by atoms with Crippen LogP contribution in [0.25, 0.3) is 5.76 Å². The molecule has 1 saturated heterocycles. The number of likely N-dealkylation sites (tertiary alicyclic amines) is 1. The number of rotatable bonds is 8. The number of aliphatic hydroxyl groups excluding tert-OH is 1. The highest BCUT2D eigenvalue weighted by atomic mass is 32.1. The number of amides is 1.